The van der Waals surface area contributed by atoms with E-state index in [9.17, 15) is 10.0 Å². The second-order valence-electron chi connectivity index (χ2n) is 4.16. The van der Waals surface area contributed by atoms with Crippen molar-refractivity contribution in [2.24, 2.45) is 0 Å². The van der Waals surface area contributed by atoms with Crippen molar-refractivity contribution in [3.8, 4) is 11.5 Å². The lowest BCUT2D eigenvalue weighted by molar-refractivity contribution is -0.152. The smallest absolute Gasteiger partial charge is 0.324 e. The molecule has 2 aromatic carbocycles. The molecule has 0 saturated heterocycles. The van der Waals surface area contributed by atoms with Gasteiger partial charge in [-0.05, 0) is 24.3 Å². The van der Waals surface area contributed by atoms with Gasteiger partial charge in [-0.25, -0.2) is 0 Å². The number of hydrazine groups is 1. The van der Waals surface area contributed by atoms with Crippen LogP contribution in [0.25, 0.3) is 0 Å². The van der Waals surface area contributed by atoms with Crippen LogP contribution in [0.2, 0.25) is 0 Å². The normalized spacial score (nSPS) is 10.2. The summed E-state index contributed by atoms with van der Waals surface area (Å²) >= 11 is 0. The van der Waals surface area contributed by atoms with Crippen molar-refractivity contribution in [1.82, 2.24) is 5.17 Å². The van der Waals surface area contributed by atoms with E-state index in [1.165, 1.54) is 7.11 Å². The van der Waals surface area contributed by atoms with Crippen molar-refractivity contribution in [1.29, 1.82) is 0 Å². The maximum absolute atomic E-state index is 11.1. The topological polar surface area (TPSA) is 71.0 Å². The number of hydroxylamine groups is 1. The first-order valence-electron chi connectivity index (χ1n) is 6.31. The molecule has 2 rings (SSSR count). The molecule has 0 unspecified atom stereocenters. The standard InChI is InChI=1S/C15H16N2O4/c1-20-15(18)11-17(19)16-13-9-5-6-10-14(13)21-12-7-3-2-4-8-12/h2-10,16,19H,11H2,1H3. The molecular weight excluding hydrogens is 272 g/mol. The quantitative estimate of drug-likeness (QED) is 0.629. The Bertz CT molecular complexity index is 589. The molecule has 0 aliphatic rings. The van der Waals surface area contributed by atoms with Crippen molar-refractivity contribution < 1.29 is 19.5 Å². The van der Waals surface area contributed by atoms with Crippen LogP contribution in [0.15, 0.2) is 54.6 Å². The van der Waals surface area contributed by atoms with Crippen LogP contribution in [-0.4, -0.2) is 30.0 Å². The Kier molecular flexibility index (Phi) is 5.14. The molecule has 2 aromatic rings. The van der Waals surface area contributed by atoms with E-state index in [1.54, 1.807) is 18.2 Å². The summed E-state index contributed by atoms with van der Waals surface area (Å²) in [7, 11) is 1.25. The van der Waals surface area contributed by atoms with Crippen LogP contribution in [-0.2, 0) is 9.53 Å². The summed E-state index contributed by atoms with van der Waals surface area (Å²) in [5.74, 6) is 0.628. The molecule has 110 valence electrons. The zero-order valence-corrected chi connectivity index (χ0v) is 11.5. The molecule has 0 aliphatic carbocycles. The lowest BCUT2D eigenvalue weighted by Crippen LogP contribution is -2.32. The number of carbonyl (C=O) groups excluding carboxylic acids is 1. The average molecular weight is 288 g/mol. The van der Waals surface area contributed by atoms with E-state index < -0.39 is 5.97 Å². The summed E-state index contributed by atoms with van der Waals surface area (Å²) < 4.78 is 10.2. The number of hydrogen-bond acceptors (Lipinski definition) is 6. The van der Waals surface area contributed by atoms with Crippen molar-refractivity contribution >= 4 is 11.7 Å². The van der Waals surface area contributed by atoms with Crippen molar-refractivity contribution in [3.05, 3.63) is 54.6 Å². The highest BCUT2D eigenvalue weighted by molar-refractivity contribution is 5.71. The minimum absolute atomic E-state index is 0.309. The number of benzene rings is 2. The van der Waals surface area contributed by atoms with E-state index in [1.807, 2.05) is 36.4 Å². The van der Waals surface area contributed by atoms with Crippen LogP contribution in [0.5, 0.6) is 11.5 Å². The fourth-order valence-electron chi connectivity index (χ4n) is 1.63. The van der Waals surface area contributed by atoms with Gasteiger partial charge in [0.1, 0.15) is 12.3 Å². The number of nitrogens with zero attached hydrogens (tertiary/aromatic N) is 1. The summed E-state index contributed by atoms with van der Waals surface area (Å²) in [6.07, 6.45) is 0. The Hall–Kier alpha value is -2.57. The van der Waals surface area contributed by atoms with Crippen LogP contribution >= 0.6 is 0 Å². The third-order valence-corrected chi connectivity index (χ3v) is 2.61. The first-order valence-corrected chi connectivity index (χ1v) is 6.31. The summed E-state index contributed by atoms with van der Waals surface area (Å²) in [6.45, 7) is -0.309. The summed E-state index contributed by atoms with van der Waals surface area (Å²) in [4.78, 5) is 11.1. The molecule has 0 heterocycles. The molecule has 21 heavy (non-hydrogen) atoms. The van der Waals surface area contributed by atoms with Gasteiger partial charge < -0.3 is 9.47 Å². The second-order valence-corrected chi connectivity index (χ2v) is 4.16. The number of rotatable bonds is 6. The number of hydrogen-bond donors (Lipinski definition) is 2. The van der Waals surface area contributed by atoms with Gasteiger partial charge in [-0.15, -0.1) is 0 Å². The van der Waals surface area contributed by atoms with Gasteiger partial charge in [0.25, 0.3) is 0 Å². The largest absolute Gasteiger partial charge is 0.468 e. The van der Waals surface area contributed by atoms with Crippen molar-refractivity contribution in [2.75, 3.05) is 19.1 Å². The van der Waals surface area contributed by atoms with Crippen LogP contribution in [0.3, 0.4) is 0 Å². The van der Waals surface area contributed by atoms with Gasteiger partial charge in [-0.2, -0.15) is 0 Å². The molecule has 6 heteroatoms. The number of para-hydroxylation sites is 3. The van der Waals surface area contributed by atoms with Crippen LogP contribution in [0.1, 0.15) is 0 Å². The molecule has 0 radical (unpaired) electrons. The van der Waals surface area contributed by atoms with E-state index in [2.05, 4.69) is 10.2 Å². The second kappa shape index (κ2) is 7.28. The average Bonchev–Trinajstić information content (AvgIpc) is 2.50. The molecule has 0 bridgehead atoms. The fourth-order valence-corrected chi connectivity index (χ4v) is 1.63. The SMILES string of the molecule is COC(=O)CN(O)Nc1ccccc1Oc1ccccc1. The van der Waals surface area contributed by atoms with Gasteiger partial charge in [-0.1, -0.05) is 35.5 Å². The highest BCUT2D eigenvalue weighted by Gasteiger charge is 2.11. The minimum atomic E-state index is -0.563. The maximum atomic E-state index is 11.1. The Morgan fingerprint density at radius 1 is 1.14 bits per heavy atom. The van der Waals surface area contributed by atoms with Crippen LogP contribution < -0.4 is 10.2 Å². The molecular formula is C15H16N2O4. The molecule has 0 saturated carbocycles. The van der Waals surface area contributed by atoms with Crippen LogP contribution in [0, 0.1) is 0 Å². The van der Waals surface area contributed by atoms with E-state index in [-0.39, 0.29) is 6.54 Å². The lowest BCUT2D eigenvalue weighted by Gasteiger charge is -2.18. The van der Waals surface area contributed by atoms with Crippen LogP contribution in [0.4, 0.5) is 5.69 Å². The number of anilines is 1. The predicted molar refractivity (Wildman–Crippen MR) is 77.1 cm³/mol. The van der Waals surface area contributed by atoms with Gasteiger partial charge in [-0.3, -0.25) is 15.4 Å². The Morgan fingerprint density at radius 3 is 2.52 bits per heavy atom. The molecule has 0 fully saturated rings. The zero-order valence-electron chi connectivity index (χ0n) is 11.5. The molecule has 0 spiro atoms. The molecule has 0 aromatic heterocycles. The third kappa shape index (κ3) is 4.48. The number of esters is 1. The number of ether oxygens (including phenoxy) is 2. The highest BCUT2D eigenvalue weighted by Crippen LogP contribution is 2.29. The summed E-state index contributed by atoms with van der Waals surface area (Å²) in [5.41, 5.74) is 3.18. The van der Waals surface area contributed by atoms with Crippen molar-refractivity contribution in [2.45, 2.75) is 0 Å². The predicted octanol–water partition coefficient (Wildman–Crippen LogP) is 2.67. The highest BCUT2D eigenvalue weighted by atomic mass is 16.6. The van der Waals surface area contributed by atoms with Gasteiger partial charge in [0.15, 0.2) is 5.75 Å². The minimum Gasteiger partial charge on any atom is -0.468 e. The van der Waals surface area contributed by atoms with E-state index in [0.29, 0.717) is 22.4 Å². The number of nitrogens with one attached hydrogen (secondary N) is 1. The monoisotopic (exact) mass is 288 g/mol. The first-order chi connectivity index (χ1) is 10.2. The fraction of sp³-hybridized carbons (Fsp3) is 0.133. The Labute approximate surface area is 122 Å². The van der Waals surface area contributed by atoms with Gasteiger partial charge in [0, 0.05) is 0 Å². The van der Waals surface area contributed by atoms with Gasteiger partial charge >= 0.3 is 5.97 Å². The van der Waals surface area contributed by atoms with Gasteiger partial charge in [0.2, 0.25) is 0 Å². The molecule has 0 atom stereocenters. The summed E-state index contributed by atoms with van der Waals surface area (Å²) in [6, 6.07) is 16.3. The lowest BCUT2D eigenvalue weighted by atomic mass is 10.3. The number of carbonyl (C=O) groups is 1. The first kappa shape index (κ1) is 14.8. The maximum Gasteiger partial charge on any atom is 0.324 e. The van der Waals surface area contributed by atoms with E-state index in [4.69, 9.17) is 4.74 Å². The Balaban J connectivity index is 2.08. The molecule has 2 N–H and O–H groups in total. The van der Waals surface area contributed by atoms with Gasteiger partial charge in [0.05, 0.1) is 12.8 Å². The Morgan fingerprint density at radius 2 is 1.81 bits per heavy atom. The number of methoxy groups -OCH3 is 1. The van der Waals surface area contributed by atoms with E-state index in [0.717, 1.165) is 0 Å². The summed E-state index contributed by atoms with van der Waals surface area (Å²) in [5, 5.41) is 10.3. The third-order valence-electron chi connectivity index (χ3n) is 2.61. The van der Waals surface area contributed by atoms with Crippen molar-refractivity contribution in [3.63, 3.8) is 0 Å². The molecule has 0 amide bonds. The zero-order chi connectivity index (χ0) is 15.1. The molecule has 0 aliphatic heterocycles. The van der Waals surface area contributed by atoms with E-state index >= 15 is 0 Å². The molecule has 6 nitrogen and oxygen atoms in total.